The van der Waals surface area contributed by atoms with Crippen molar-refractivity contribution in [3.05, 3.63) is 60.8 Å². The molecule has 0 bridgehead atoms. The summed E-state index contributed by atoms with van der Waals surface area (Å²) in [6, 6.07) is 12.3. The van der Waals surface area contributed by atoms with Gasteiger partial charge in [-0.1, -0.05) is 18.2 Å². The third-order valence-corrected chi connectivity index (χ3v) is 5.03. The van der Waals surface area contributed by atoms with Gasteiger partial charge in [0.1, 0.15) is 11.6 Å². The van der Waals surface area contributed by atoms with Crippen LogP contribution < -0.4 is 15.5 Å². The maximum absolute atomic E-state index is 5.73. The first-order valence-electron chi connectivity index (χ1n) is 9.38. The lowest BCUT2D eigenvalue weighted by atomic mass is 10.2. The van der Waals surface area contributed by atoms with Crippen molar-refractivity contribution in [3.63, 3.8) is 0 Å². The van der Waals surface area contributed by atoms with E-state index in [1.165, 1.54) is 0 Å². The van der Waals surface area contributed by atoms with Crippen LogP contribution in [0.2, 0.25) is 0 Å². The Morgan fingerprint density at radius 1 is 1.11 bits per heavy atom. The smallest absolute Gasteiger partial charge is 0.224 e. The molecule has 3 heterocycles. The van der Waals surface area contributed by atoms with Crippen molar-refractivity contribution in [1.82, 2.24) is 24.8 Å². The first-order valence-corrected chi connectivity index (χ1v) is 9.38. The molecule has 0 radical (unpaired) electrons. The van der Waals surface area contributed by atoms with Crippen molar-refractivity contribution in [2.24, 2.45) is 0 Å². The van der Waals surface area contributed by atoms with Gasteiger partial charge < -0.3 is 24.8 Å². The largest absolute Gasteiger partial charge is 0.378 e. The topological polar surface area (TPSA) is 80.1 Å². The molecule has 146 valence electrons. The van der Waals surface area contributed by atoms with Gasteiger partial charge in [0, 0.05) is 51.5 Å². The summed E-state index contributed by atoms with van der Waals surface area (Å²) < 4.78 is 7.83. The standard InChI is InChI=1S/C20H25N7O/c1-21-20-23-9-8-18(25-20)26-13-16(17(14-26)28-2)24-12-19-22-10-11-27(19)15-6-4-3-5-7-15/h3-11,16-17,24H,12-14H2,1-2H3,(H,21,23,25)/t16-,17+/m1/s1. The van der Waals surface area contributed by atoms with Crippen LogP contribution in [-0.2, 0) is 11.3 Å². The van der Waals surface area contributed by atoms with Gasteiger partial charge >= 0.3 is 0 Å². The number of rotatable bonds is 7. The predicted molar refractivity (Wildman–Crippen MR) is 109 cm³/mol. The fourth-order valence-electron chi connectivity index (χ4n) is 3.55. The molecule has 28 heavy (non-hydrogen) atoms. The van der Waals surface area contributed by atoms with Gasteiger partial charge in [-0.05, 0) is 18.2 Å². The van der Waals surface area contributed by atoms with Crippen LogP contribution in [0.5, 0.6) is 0 Å². The molecule has 1 aliphatic rings. The van der Waals surface area contributed by atoms with Gasteiger partial charge in [0.25, 0.3) is 0 Å². The molecule has 3 aromatic rings. The van der Waals surface area contributed by atoms with E-state index in [0.717, 1.165) is 30.4 Å². The first-order chi connectivity index (χ1) is 13.8. The average molecular weight is 379 g/mol. The van der Waals surface area contributed by atoms with Crippen molar-refractivity contribution in [2.45, 2.75) is 18.7 Å². The molecule has 1 saturated heterocycles. The second kappa shape index (κ2) is 8.37. The number of ether oxygens (including phenoxy) is 1. The Kier molecular flexibility index (Phi) is 5.50. The molecule has 0 aliphatic carbocycles. The molecule has 8 nitrogen and oxygen atoms in total. The van der Waals surface area contributed by atoms with Crippen LogP contribution in [0.15, 0.2) is 55.0 Å². The van der Waals surface area contributed by atoms with Crippen molar-refractivity contribution in [2.75, 3.05) is 37.5 Å². The lowest BCUT2D eigenvalue weighted by Gasteiger charge is -2.18. The number of imidazole rings is 1. The molecule has 0 saturated carbocycles. The number of hydrogen-bond donors (Lipinski definition) is 2. The van der Waals surface area contributed by atoms with E-state index in [9.17, 15) is 0 Å². The van der Waals surface area contributed by atoms with E-state index in [4.69, 9.17) is 4.74 Å². The highest BCUT2D eigenvalue weighted by Gasteiger charge is 2.33. The van der Waals surface area contributed by atoms with Crippen LogP contribution in [0, 0.1) is 0 Å². The third kappa shape index (κ3) is 3.83. The molecule has 1 aliphatic heterocycles. The summed E-state index contributed by atoms with van der Waals surface area (Å²) in [4.78, 5) is 15.5. The Bertz CT molecular complexity index is 898. The van der Waals surface area contributed by atoms with Gasteiger partial charge in [0.2, 0.25) is 5.95 Å². The van der Waals surface area contributed by atoms with Crippen LogP contribution in [0.3, 0.4) is 0 Å². The monoisotopic (exact) mass is 379 g/mol. The molecule has 2 N–H and O–H groups in total. The van der Waals surface area contributed by atoms with Gasteiger partial charge in [-0.3, -0.25) is 0 Å². The van der Waals surface area contributed by atoms with Crippen LogP contribution in [-0.4, -0.2) is 58.9 Å². The van der Waals surface area contributed by atoms with E-state index in [-0.39, 0.29) is 12.1 Å². The highest BCUT2D eigenvalue weighted by atomic mass is 16.5. The quantitative estimate of drug-likeness (QED) is 0.647. The van der Waals surface area contributed by atoms with Gasteiger partial charge in [0.05, 0.1) is 18.7 Å². The summed E-state index contributed by atoms with van der Waals surface area (Å²) in [6.07, 6.45) is 5.67. The maximum Gasteiger partial charge on any atom is 0.224 e. The van der Waals surface area contributed by atoms with Gasteiger partial charge in [-0.2, -0.15) is 4.98 Å². The number of benzene rings is 1. The van der Waals surface area contributed by atoms with E-state index < -0.39 is 0 Å². The fraction of sp³-hybridized carbons (Fsp3) is 0.350. The zero-order chi connectivity index (χ0) is 19.3. The number of hydrogen-bond acceptors (Lipinski definition) is 7. The second-order valence-electron chi connectivity index (χ2n) is 6.70. The molecule has 4 rings (SSSR count). The molecular formula is C20H25N7O. The predicted octanol–water partition coefficient (Wildman–Crippen LogP) is 1.70. The summed E-state index contributed by atoms with van der Waals surface area (Å²) in [7, 11) is 3.58. The summed E-state index contributed by atoms with van der Waals surface area (Å²) in [6.45, 7) is 2.25. The van der Waals surface area contributed by atoms with E-state index in [1.807, 2.05) is 43.7 Å². The summed E-state index contributed by atoms with van der Waals surface area (Å²) in [5.74, 6) is 2.49. The fourth-order valence-corrected chi connectivity index (χ4v) is 3.55. The second-order valence-corrected chi connectivity index (χ2v) is 6.70. The summed E-state index contributed by atoms with van der Waals surface area (Å²) >= 11 is 0. The number of nitrogens with one attached hydrogen (secondary N) is 2. The number of methoxy groups -OCH3 is 1. The summed E-state index contributed by atoms with van der Waals surface area (Å²) in [5.41, 5.74) is 1.11. The van der Waals surface area contributed by atoms with Crippen LogP contribution in [0.25, 0.3) is 5.69 Å². The number of nitrogens with zero attached hydrogens (tertiary/aromatic N) is 5. The Morgan fingerprint density at radius 2 is 1.96 bits per heavy atom. The van der Waals surface area contributed by atoms with Crippen LogP contribution >= 0.6 is 0 Å². The van der Waals surface area contributed by atoms with E-state index in [0.29, 0.717) is 12.5 Å². The van der Waals surface area contributed by atoms with E-state index in [1.54, 1.807) is 13.3 Å². The number of anilines is 2. The molecule has 1 fully saturated rings. The molecule has 0 amide bonds. The highest BCUT2D eigenvalue weighted by Crippen LogP contribution is 2.21. The molecule has 2 atom stereocenters. The maximum atomic E-state index is 5.73. The van der Waals surface area contributed by atoms with Crippen molar-refractivity contribution in [3.8, 4) is 5.69 Å². The van der Waals surface area contributed by atoms with Gasteiger partial charge in [0.15, 0.2) is 0 Å². The Labute approximate surface area is 164 Å². The average Bonchev–Trinajstić information content (AvgIpc) is 3.39. The molecule has 8 heteroatoms. The van der Waals surface area contributed by atoms with Crippen molar-refractivity contribution < 1.29 is 4.74 Å². The minimum atomic E-state index is 0.0770. The SMILES string of the molecule is CNc1nccc(N2C[C@H](OC)[C@H](NCc3nccn3-c3ccccc3)C2)n1. The Balaban J connectivity index is 1.44. The third-order valence-electron chi connectivity index (χ3n) is 5.03. The van der Waals surface area contributed by atoms with E-state index in [2.05, 4.69) is 47.2 Å². The van der Waals surface area contributed by atoms with Gasteiger partial charge in [-0.15, -0.1) is 0 Å². The minimum Gasteiger partial charge on any atom is -0.378 e. The zero-order valence-corrected chi connectivity index (χ0v) is 16.1. The van der Waals surface area contributed by atoms with Crippen LogP contribution in [0.4, 0.5) is 11.8 Å². The van der Waals surface area contributed by atoms with Crippen molar-refractivity contribution in [1.29, 1.82) is 0 Å². The molecule has 0 spiro atoms. The number of para-hydroxylation sites is 1. The lowest BCUT2D eigenvalue weighted by molar-refractivity contribution is 0.0964. The van der Waals surface area contributed by atoms with Crippen molar-refractivity contribution >= 4 is 11.8 Å². The number of aromatic nitrogens is 4. The molecule has 2 aromatic heterocycles. The highest BCUT2D eigenvalue weighted by molar-refractivity contribution is 5.44. The minimum absolute atomic E-state index is 0.0770. The Hall–Kier alpha value is -2.97. The normalized spacial score (nSPS) is 19.1. The zero-order valence-electron chi connectivity index (χ0n) is 16.1. The van der Waals surface area contributed by atoms with Crippen LogP contribution in [0.1, 0.15) is 5.82 Å². The lowest BCUT2D eigenvalue weighted by Crippen LogP contribution is -2.40. The van der Waals surface area contributed by atoms with E-state index >= 15 is 0 Å². The molecule has 0 unspecified atom stereocenters. The first kappa shape index (κ1) is 18.4. The summed E-state index contributed by atoms with van der Waals surface area (Å²) in [5, 5.41) is 6.60. The molecular weight excluding hydrogens is 354 g/mol. The Morgan fingerprint density at radius 3 is 2.75 bits per heavy atom. The molecule has 1 aromatic carbocycles. The van der Waals surface area contributed by atoms with Gasteiger partial charge in [-0.25, -0.2) is 9.97 Å².